The van der Waals surface area contributed by atoms with Crippen molar-refractivity contribution in [3.05, 3.63) is 71.8 Å². The predicted molar refractivity (Wildman–Crippen MR) is 126 cm³/mol. The second kappa shape index (κ2) is 14.9. The summed E-state index contributed by atoms with van der Waals surface area (Å²) in [6.07, 6.45) is -2.55. The highest BCUT2D eigenvalue weighted by atomic mass is 16.7. The van der Waals surface area contributed by atoms with Crippen LogP contribution in [0.15, 0.2) is 60.7 Å². The van der Waals surface area contributed by atoms with Crippen LogP contribution in [0.25, 0.3) is 0 Å². The van der Waals surface area contributed by atoms with E-state index in [-0.39, 0.29) is 38.0 Å². The summed E-state index contributed by atoms with van der Waals surface area (Å²) in [5, 5.41) is 18.9. The van der Waals surface area contributed by atoms with Gasteiger partial charge in [0.1, 0.15) is 6.54 Å². The molecule has 2 rings (SSSR count). The van der Waals surface area contributed by atoms with Gasteiger partial charge in [0.15, 0.2) is 12.2 Å². The lowest BCUT2D eigenvalue weighted by Gasteiger charge is -2.22. The number of rotatable bonds is 16. The van der Waals surface area contributed by atoms with E-state index in [1.807, 2.05) is 26.0 Å². The second-order valence-corrected chi connectivity index (χ2v) is 8.71. The Kier molecular flexibility index (Phi) is 11.9. The summed E-state index contributed by atoms with van der Waals surface area (Å²) in [6, 6.07) is 18.0. The molecule has 9 nitrogen and oxygen atoms in total. The lowest BCUT2D eigenvalue weighted by Crippen LogP contribution is -2.86. The summed E-state index contributed by atoms with van der Waals surface area (Å²) in [6.45, 7) is 4.14. The number of ether oxygens (including phenoxy) is 2. The fourth-order valence-electron chi connectivity index (χ4n) is 3.60. The van der Waals surface area contributed by atoms with Crippen LogP contribution in [0.5, 0.6) is 0 Å². The van der Waals surface area contributed by atoms with E-state index in [1.165, 1.54) is 5.48 Å². The van der Waals surface area contributed by atoms with Gasteiger partial charge in [-0.25, -0.2) is 9.59 Å². The lowest BCUT2D eigenvalue weighted by atomic mass is 9.94. The molecule has 9 heteroatoms. The average molecular weight is 489 g/mol. The van der Waals surface area contributed by atoms with Crippen LogP contribution in [-0.4, -0.2) is 46.9 Å². The third-order valence-corrected chi connectivity index (χ3v) is 5.19. The first-order chi connectivity index (χ1) is 16.8. The van der Waals surface area contributed by atoms with Gasteiger partial charge >= 0.3 is 17.9 Å². The van der Waals surface area contributed by atoms with E-state index in [4.69, 9.17) is 19.4 Å². The van der Waals surface area contributed by atoms with Gasteiger partial charge in [-0.15, -0.1) is 0 Å². The van der Waals surface area contributed by atoms with Gasteiger partial charge in [0.25, 0.3) is 0 Å². The normalized spacial score (nSPS) is 13.7. The monoisotopic (exact) mass is 488 g/mol. The molecule has 0 aliphatic rings. The quantitative estimate of drug-likeness (QED) is 0.307. The van der Waals surface area contributed by atoms with E-state index < -0.39 is 30.1 Å². The number of carboxylic acid groups (broad SMARTS) is 2. The molecule has 0 amide bonds. The summed E-state index contributed by atoms with van der Waals surface area (Å²) >= 11 is 0. The minimum absolute atomic E-state index is 0.0198. The maximum atomic E-state index is 12.9. The van der Waals surface area contributed by atoms with Crippen molar-refractivity contribution in [2.45, 2.75) is 52.1 Å². The molecular formula is C26H34NO8+. The van der Waals surface area contributed by atoms with Crippen LogP contribution in [0, 0.1) is 11.8 Å². The molecule has 190 valence electrons. The maximum Gasteiger partial charge on any atom is 0.398 e. The van der Waals surface area contributed by atoms with Crippen molar-refractivity contribution in [3.8, 4) is 0 Å². The number of hydrogen-bond donors (Lipinski definition) is 3. The summed E-state index contributed by atoms with van der Waals surface area (Å²) < 4.78 is 11.3. The first-order valence-corrected chi connectivity index (χ1v) is 11.5. The molecule has 0 saturated carbocycles. The van der Waals surface area contributed by atoms with Crippen LogP contribution in [0.4, 0.5) is 0 Å². The predicted octanol–water partition coefficient (Wildman–Crippen LogP) is 2.40. The van der Waals surface area contributed by atoms with E-state index in [9.17, 15) is 19.5 Å². The zero-order chi connectivity index (χ0) is 25.6. The average Bonchev–Trinajstić information content (AvgIpc) is 2.81. The number of aliphatic carboxylic acids is 2. The SMILES string of the molecule is CC(C)C[C@H](C[NH2+]OC(=O)[C@H](OCc1ccccc1)[C@@H](OCc1ccccc1)C(=O)O)CC(=O)O. The molecule has 0 unspecified atom stereocenters. The van der Waals surface area contributed by atoms with Crippen molar-refractivity contribution in [1.82, 2.24) is 0 Å². The number of hydroxylamine groups is 1. The zero-order valence-corrected chi connectivity index (χ0v) is 20.0. The van der Waals surface area contributed by atoms with Crippen LogP contribution in [0.3, 0.4) is 0 Å². The minimum atomic E-state index is -1.61. The molecular weight excluding hydrogens is 454 g/mol. The highest BCUT2D eigenvalue weighted by Gasteiger charge is 2.39. The topological polar surface area (TPSA) is 136 Å². The molecule has 35 heavy (non-hydrogen) atoms. The van der Waals surface area contributed by atoms with Gasteiger partial charge in [0.2, 0.25) is 0 Å². The van der Waals surface area contributed by atoms with Crippen molar-refractivity contribution >= 4 is 17.9 Å². The van der Waals surface area contributed by atoms with Gasteiger partial charge in [-0.1, -0.05) is 74.5 Å². The highest BCUT2D eigenvalue weighted by molar-refractivity contribution is 5.84. The number of quaternary nitrogens is 1. The molecule has 0 spiro atoms. The lowest BCUT2D eigenvalue weighted by molar-refractivity contribution is -0.876. The van der Waals surface area contributed by atoms with Crippen LogP contribution in [0.1, 0.15) is 37.8 Å². The molecule has 0 aromatic heterocycles. The highest BCUT2D eigenvalue weighted by Crippen LogP contribution is 2.15. The minimum Gasteiger partial charge on any atom is -0.481 e. The van der Waals surface area contributed by atoms with Gasteiger partial charge in [-0.05, 0) is 23.5 Å². The summed E-state index contributed by atoms with van der Waals surface area (Å²) in [5.41, 5.74) is 2.72. The number of benzene rings is 2. The van der Waals surface area contributed by atoms with E-state index in [0.717, 1.165) is 11.1 Å². The van der Waals surface area contributed by atoms with Crippen molar-refractivity contribution in [2.24, 2.45) is 11.8 Å². The van der Waals surface area contributed by atoms with Crippen LogP contribution < -0.4 is 5.48 Å². The summed E-state index contributed by atoms with van der Waals surface area (Å²) in [5.74, 6) is -3.15. The molecule has 0 saturated heterocycles. The Hall–Kier alpha value is -3.27. The van der Waals surface area contributed by atoms with Gasteiger partial charge in [-0.3, -0.25) is 9.63 Å². The smallest absolute Gasteiger partial charge is 0.398 e. The van der Waals surface area contributed by atoms with Crippen LogP contribution in [-0.2, 0) is 41.9 Å². The van der Waals surface area contributed by atoms with E-state index in [0.29, 0.717) is 6.42 Å². The van der Waals surface area contributed by atoms with E-state index >= 15 is 0 Å². The number of nitrogens with two attached hydrogens (primary N) is 1. The molecule has 0 radical (unpaired) electrons. The van der Waals surface area contributed by atoms with Crippen molar-refractivity contribution < 1.29 is 44.4 Å². The fourth-order valence-corrected chi connectivity index (χ4v) is 3.60. The molecule has 2 aromatic carbocycles. The number of carbonyl (C=O) groups excluding carboxylic acids is 1. The molecule has 0 bridgehead atoms. The third kappa shape index (κ3) is 10.7. The summed E-state index contributed by atoms with van der Waals surface area (Å²) in [4.78, 5) is 41.3. The van der Waals surface area contributed by atoms with Crippen LogP contribution in [0.2, 0.25) is 0 Å². The van der Waals surface area contributed by atoms with Gasteiger partial charge in [0, 0.05) is 5.92 Å². The Labute approximate surface area is 205 Å². The molecule has 0 heterocycles. The fraction of sp³-hybridized carbons (Fsp3) is 0.423. The zero-order valence-electron chi connectivity index (χ0n) is 20.0. The van der Waals surface area contributed by atoms with Gasteiger partial charge in [0.05, 0.1) is 19.6 Å². The molecule has 0 aliphatic heterocycles. The number of carboxylic acids is 2. The molecule has 3 atom stereocenters. The first kappa shape index (κ1) is 28.0. The van der Waals surface area contributed by atoms with Gasteiger partial charge < -0.3 is 19.7 Å². The van der Waals surface area contributed by atoms with Gasteiger partial charge in [-0.2, -0.15) is 5.48 Å². The number of carbonyl (C=O) groups is 3. The Balaban J connectivity index is 2.08. The first-order valence-electron chi connectivity index (χ1n) is 11.5. The van der Waals surface area contributed by atoms with Crippen molar-refractivity contribution in [3.63, 3.8) is 0 Å². The Morgan fingerprint density at radius 2 is 1.34 bits per heavy atom. The molecule has 0 aliphatic carbocycles. The Morgan fingerprint density at radius 3 is 1.80 bits per heavy atom. The third-order valence-electron chi connectivity index (χ3n) is 5.19. The van der Waals surface area contributed by atoms with Crippen LogP contribution >= 0.6 is 0 Å². The standard InChI is InChI=1S/C26H33NO8/c1-18(2)13-21(14-22(28)29)15-27-35-26(32)24(34-17-20-11-7-4-8-12-20)23(25(30)31)33-16-19-9-5-3-6-10-19/h3-12,18,21,23-24,27H,13-17H2,1-2H3,(H,28,29)(H,30,31)/p+1/t21-,23+,24+/m0/s1. The second-order valence-electron chi connectivity index (χ2n) is 8.71. The summed E-state index contributed by atoms with van der Waals surface area (Å²) in [7, 11) is 0. The molecule has 0 fully saturated rings. The van der Waals surface area contributed by atoms with Crippen molar-refractivity contribution in [1.29, 1.82) is 0 Å². The van der Waals surface area contributed by atoms with Crippen molar-refractivity contribution in [2.75, 3.05) is 6.54 Å². The molecule has 4 N–H and O–H groups in total. The maximum absolute atomic E-state index is 12.9. The van der Waals surface area contributed by atoms with E-state index in [2.05, 4.69) is 0 Å². The molecule has 2 aromatic rings. The Bertz CT molecular complexity index is 919. The number of hydrogen-bond acceptors (Lipinski definition) is 6. The Morgan fingerprint density at radius 1 is 0.829 bits per heavy atom. The largest absolute Gasteiger partial charge is 0.481 e. The van der Waals surface area contributed by atoms with E-state index in [1.54, 1.807) is 48.5 Å².